The maximum atomic E-state index is 16.2. The number of nitrogens with one attached hydrogen (secondary N) is 1. The minimum absolute atomic E-state index is 0. The van der Waals surface area contributed by atoms with E-state index in [9.17, 15) is 24.5 Å². The predicted octanol–water partition coefficient (Wildman–Crippen LogP) is 7.24. The molecule has 3 aliphatic heterocycles. The fourth-order valence-corrected chi connectivity index (χ4v) is 8.39. The first-order valence-electron chi connectivity index (χ1n) is 15.6. The summed E-state index contributed by atoms with van der Waals surface area (Å²) in [5.74, 6) is -4.04. The fraction of sp³-hybridized carbons (Fsp3) is 0.400. The average Bonchev–Trinajstić information content (AvgIpc) is 3.74. The molecule has 3 aromatic carbocycles. The molecule has 1 spiro atoms. The van der Waals surface area contributed by atoms with Crippen LogP contribution in [-0.2, 0) is 19.9 Å². The van der Waals surface area contributed by atoms with Crippen LogP contribution in [-0.4, -0.2) is 53.3 Å². The smallest absolute Gasteiger partial charge is 0.338 e. The molecule has 3 heterocycles. The zero-order valence-electron chi connectivity index (χ0n) is 25.6. The summed E-state index contributed by atoms with van der Waals surface area (Å²) >= 11 is 12.7. The van der Waals surface area contributed by atoms with E-state index in [4.69, 9.17) is 27.9 Å². The van der Waals surface area contributed by atoms with Crippen LogP contribution < -0.4 is 10.2 Å². The number of likely N-dealkylation sites (tertiary alicyclic amines) is 1. The molecule has 3 aromatic rings. The van der Waals surface area contributed by atoms with Crippen LogP contribution in [0.4, 0.5) is 21.5 Å². The molecule has 13 heteroatoms. The van der Waals surface area contributed by atoms with Crippen LogP contribution in [0.25, 0.3) is 0 Å². The van der Waals surface area contributed by atoms with E-state index in [1.165, 1.54) is 30.0 Å². The van der Waals surface area contributed by atoms with Crippen molar-refractivity contribution < 1.29 is 28.4 Å². The van der Waals surface area contributed by atoms with Crippen molar-refractivity contribution in [1.29, 1.82) is 0 Å². The summed E-state index contributed by atoms with van der Waals surface area (Å²) in [5, 5.41) is 15.7. The van der Waals surface area contributed by atoms with Gasteiger partial charge in [-0.25, -0.2) is 9.18 Å². The number of benzene rings is 3. The van der Waals surface area contributed by atoms with Crippen LogP contribution in [0.1, 0.15) is 66.6 Å². The molecule has 2 amide bonds. The Bertz CT molecular complexity index is 1870. The monoisotopic (exact) mass is 696 g/mol. The lowest BCUT2D eigenvalue weighted by Crippen LogP contribution is -2.54. The van der Waals surface area contributed by atoms with Crippen molar-refractivity contribution in [2.45, 2.75) is 58.0 Å². The van der Waals surface area contributed by atoms with Crippen LogP contribution in [0.5, 0.6) is 0 Å². The number of nitrogens with zero attached hydrogens (tertiary/aromatic N) is 3. The van der Waals surface area contributed by atoms with Gasteiger partial charge in [-0.2, -0.15) is 0 Å². The van der Waals surface area contributed by atoms with Gasteiger partial charge >= 0.3 is 5.97 Å². The Hall–Kier alpha value is -4.06. The van der Waals surface area contributed by atoms with E-state index in [2.05, 4.69) is 10.2 Å². The number of nitro benzene ring substituents is 1. The van der Waals surface area contributed by atoms with Crippen molar-refractivity contribution in [2.75, 3.05) is 29.9 Å². The third-order valence-electron chi connectivity index (χ3n) is 10.1. The van der Waals surface area contributed by atoms with Gasteiger partial charge in [0.15, 0.2) is 0 Å². The molecule has 0 radical (unpaired) electrons. The summed E-state index contributed by atoms with van der Waals surface area (Å²) in [6, 6.07) is 12.0. The number of amides is 2. The number of esters is 1. The molecule has 0 unspecified atom stereocenters. The summed E-state index contributed by atoms with van der Waals surface area (Å²) < 4.78 is 21.3. The lowest BCUT2D eigenvalue weighted by molar-refractivity contribution is -0.384. The molecule has 1 saturated carbocycles. The van der Waals surface area contributed by atoms with Crippen molar-refractivity contribution in [2.24, 2.45) is 11.8 Å². The van der Waals surface area contributed by atoms with Gasteiger partial charge in [0.1, 0.15) is 17.0 Å². The predicted molar refractivity (Wildman–Crippen MR) is 180 cm³/mol. The van der Waals surface area contributed by atoms with Crippen LogP contribution in [0, 0.1) is 34.7 Å². The van der Waals surface area contributed by atoms with Crippen LogP contribution in [0.2, 0.25) is 10.0 Å². The second-order valence-electron chi connectivity index (χ2n) is 12.6. The molecule has 4 atom stereocenters. The highest BCUT2D eigenvalue weighted by Crippen LogP contribution is 2.62. The second-order valence-corrected chi connectivity index (χ2v) is 13.4. The van der Waals surface area contributed by atoms with Gasteiger partial charge in [-0.05, 0) is 74.9 Å². The highest BCUT2D eigenvalue weighted by Gasteiger charge is 2.70. The summed E-state index contributed by atoms with van der Waals surface area (Å²) in [6.45, 7) is 3.79. The lowest BCUT2D eigenvalue weighted by Gasteiger charge is -2.40. The summed E-state index contributed by atoms with van der Waals surface area (Å²) in [5.41, 5.74) is -0.575. The Morgan fingerprint density at radius 1 is 1.15 bits per heavy atom. The summed E-state index contributed by atoms with van der Waals surface area (Å²) in [7, 11) is 0. The zero-order valence-corrected chi connectivity index (χ0v) is 27.1. The normalized spacial score (nSPS) is 24.6. The molecular weight excluding hydrogens is 662 g/mol. The summed E-state index contributed by atoms with van der Waals surface area (Å²) in [6.07, 6.45) is 2.29. The quantitative estimate of drug-likeness (QED) is 0.157. The molecular formula is C35H35Cl2FN4O6. The summed E-state index contributed by atoms with van der Waals surface area (Å²) in [4.78, 5) is 57.3. The SMILES string of the molecule is C.CCOC(=O)c1ccc(N2CC[C@H]3[C@@H](C2=O)[C@H](c2cccc(Cl)c2F)[C@]2(C(=O)Nc4cc(Cl)ccc42)N3CC2CC2)c([N+](=O)[O-])c1C. The topological polar surface area (TPSA) is 122 Å². The second kappa shape index (κ2) is 12.4. The molecule has 1 N–H and O–H groups in total. The van der Waals surface area contributed by atoms with Crippen LogP contribution in [0.15, 0.2) is 48.5 Å². The first-order valence-corrected chi connectivity index (χ1v) is 16.3. The number of nitro groups is 1. The fourth-order valence-electron chi connectivity index (χ4n) is 8.04. The van der Waals surface area contributed by atoms with E-state index >= 15 is 4.39 Å². The first kappa shape index (κ1) is 33.8. The molecule has 7 rings (SSSR count). The molecule has 48 heavy (non-hydrogen) atoms. The van der Waals surface area contributed by atoms with Gasteiger partial charge in [0.2, 0.25) is 11.8 Å². The van der Waals surface area contributed by atoms with Crippen molar-refractivity contribution in [3.05, 3.63) is 96.8 Å². The molecule has 1 aliphatic carbocycles. The average molecular weight is 698 g/mol. The molecule has 0 bridgehead atoms. The molecule has 3 fully saturated rings. The van der Waals surface area contributed by atoms with E-state index < -0.39 is 57.6 Å². The third-order valence-corrected chi connectivity index (χ3v) is 10.6. The maximum absolute atomic E-state index is 16.2. The Morgan fingerprint density at radius 3 is 2.58 bits per heavy atom. The number of anilines is 2. The van der Waals surface area contributed by atoms with Gasteiger partial charge in [0.05, 0.1) is 28.0 Å². The first-order chi connectivity index (χ1) is 22.5. The lowest BCUT2D eigenvalue weighted by atomic mass is 9.70. The van der Waals surface area contributed by atoms with E-state index in [-0.39, 0.29) is 48.0 Å². The number of rotatable bonds is 7. The highest BCUT2D eigenvalue weighted by atomic mass is 35.5. The largest absolute Gasteiger partial charge is 0.462 e. The molecule has 2 saturated heterocycles. The number of halogens is 3. The minimum atomic E-state index is -1.48. The number of hydrogen-bond acceptors (Lipinski definition) is 7. The molecule has 252 valence electrons. The van der Waals surface area contributed by atoms with E-state index in [1.54, 1.807) is 37.3 Å². The number of hydrogen-bond donors (Lipinski definition) is 1. The standard InChI is InChI=1S/C34H31Cl2FN4O6.CH4/c1-3-47-32(43)20-10-12-26(30(17(20)2)41(45)46)39-14-13-25-27(31(39)42)28(21-5-4-6-23(36)29(21)37)34(40(25)16-18-7-8-18)22-11-9-19(35)15-24(22)38-33(34)44;/h4-6,9-12,15,18,25,27-28H,3,7-8,13-14,16H2,1-2H3,(H,38,44);1H4/t25-,27+,28-,34+;/m0./s1. The Kier molecular flexibility index (Phi) is 8.76. The van der Waals surface area contributed by atoms with Crippen molar-refractivity contribution in [1.82, 2.24) is 4.90 Å². The molecule has 0 aromatic heterocycles. The zero-order chi connectivity index (χ0) is 33.4. The van der Waals surface area contributed by atoms with Crippen molar-refractivity contribution in [3.63, 3.8) is 0 Å². The van der Waals surface area contributed by atoms with Gasteiger partial charge in [0, 0.05) is 46.9 Å². The van der Waals surface area contributed by atoms with Crippen molar-refractivity contribution in [3.8, 4) is 0 Å². The van der Waals surface area contributed by atoms with Gasteiger partial charge in [-0.15, -0.1) is 0 Å². The number of carbonyl (C=O) groups is 3. The number of ether oxygens (including phenoxy) is 1. The van der Waals surface area contributed by atoms with Crippen molar-refractivity contribution >= 4 is 58.0 Å². The number of fused-ring (bicyclic) bond motifs is 3. The van der Waals surface area contributed by atoms with Gasteiger partial charge in [0.25, 0.3) is 5.69 Å². The Labute approximate surface area is 287 Å². The number of carbonyl (C=O) groups excluding carboxylic acids is 3. The minimum Gasteiger partial charge on any atom is -0.462 e. The Balaban J connectivity index is 0.00000401. The highest BCUT2D eigenvalue weighted by molar-refractivity contribution is 6.31. The van der Waals surface area contributed by atoms with Gasteiger partial charge in [-0.1, -0.05) is 48.8 Å². The van der Waals surface area contributed by atoms with Gasteiger partial charge < -0.3 is 15.0 Å². The number of piperidine rings is 1. The van der Waals surface area contributed by atoms with E-state index in [0.29, 0.717) is 35.2 Å². The Morgan fingerprint density at radius 2 is 1.90 bits per heavy atom. The van der Waals surface area contributed by atoms with Gasteiger partial charge in [-0.3, -0.25) is 24.6 Å². The van der Waals surface area contributed by atoms with E-state index in [1.807, 2.05) is 0 Å². The maximum Gasteiger partial charge on any atom is 0.338 e. The van der Waals surface area contributed by atoms with Crippen LogP contribution >= 0.6 is 23.2 Å². The van der Waals surface area contributed by atoms with E-state index in [0.717, 1.165) is 12.8 Å². The molecule has 4 aliphatic rings. The molecule has 10 nitrogen and oxygen atoms in total. The van der Waals surface area contributed by atoms with Crippen LogP contribution in [0.3, 0.4) is 0 Å². The third kappa shape index (κ3) is 4.97.